The van der Waals surface area contributed by atoms with Crippen molar-refractivity contribution in [1.29, 1.82) is 0 Å². The standard InChI is InChI=1S/C12H10N2O3/c1-8(15)9-2-3-11(13-6-9)14-5-4-10(7-14)12(16)17/h2-7H,1H3,(H,16,17). The molecule has 5 heteroatoms. The van der Waals surface area contributed by atoms with Crippen LogP contribution in [0.5, 0.6) is 0 Å². The van der Waals surface area contributed by atoms with Crippen molar-refractivity contribution in [2.45, 2.75) is 6.92 Å². The van der Waals surface area contributed by atoms with Gasteiger partial charge in [-0.1, -0.05) is 0 Å². The number of hydrogen-bond donors (Lipinski definition) is 1. The van der Waals surface area contributed by atoms with E-state index in [9.17, 15) is 9.59 Å². The van der Waals surface area contributed by atoms with Gasteiger partial charge in [-0.15, -0.1) is 0 Å². The number of carboxylic acid groups (broad SMARTS) is 1. The Bertz CT molecular complexity index is 570. The van der Waals surface area contributed by atoms with Gasteiger partial charge in [0.25, 0.3) is 0 Å². The molecule has 0 radical (unpaired) electrons. The van der Waals surface area contributed by atoms with Crippen molar-refractivity contribution in [3.8, 4) is 5.82 Å². The molecule has 0 saturated heterocycles. The summed E-state index contributed by atoms with van der Waals surface area (Å²) in [7, 11) is 0. The first-order chi connectivity index (χ1) is 8.08. The van der Waals surface area contributed by atoms with E-state index in [4.69, 9.17) is 5.11 Å². The third kappa shape index (κ3) is 2.23. The van der Waals surface area contributed by atoms with Crippen molar-refractivity contribution < 1.29 is 14.7 Å². The first kappa shape index (κ1) is 11.1. The highest BCUT2D eigenvalue weighted by Crippen LogP contribution is 2.09. The Kier molecular flexibility index (Phi) is 2.74. The Morgan fingerprint density at radius 1 is 1.24 bits per heavy atom. The molecule has 0 aromatic carbocycles. The third-order valence-electron chi connectivity index (χ3n) is 2.36. The van der Waals surface area contributed by atoms with Gasteiger partial charge in [0, 0.05) is 24.2 Å². The van der Waals surface area contributed by atoms with Gasteiger partial charge in [0.15, 0.2) is 5.78 Å². The molecule has 0 bridgehead atoms. The molecule has 2 aromatic rings. The monoisotopic (exact) mass is 230 g/mol. The fourth-order valence-electron chi connectivity index (χ4n) is 1.41. The van der Waals surface area contributed by atoms with E-state index in [1.807, 2.05) is 0 Å². The zero-order valence-electron chi connectivity index (χ0n) is 9.12. The maximum absolute atomic E-state index is 11.1. The van der Waals surface area contributed by atoms with E-state index in [2.05, 4.69) is 4.98 Å². The zero-order valence-corrected chi connectivity index (χ0v) is 9.12. The second kappa shape index (κ2) is 4.21. The Labute approximate surface area is 97.3 Å². The van der Waals surface area contributed by atoms with Gasteiger partial charge in [-0.2, -0.15) is 0 Å². The maximum Gasteiger partial charge on any atom is 0.337 e. The fourth-order valence-corrected chi connectivity index (χ4v) is 1.41. The van der Waals surface area contributed by atoms with E-state index in [1.165, 1.54) is 25.4 Å². The summed E-state index contributed by atoms with van der Waals surface area (Å²) in [6.45, 7) is 1.47. The number of Topliss-reactive ketones (excluding diaryl/α,β-unsaturated/α-hetero) is 1. The van der Waals surface area contributed by atoms with Crippen molar-refractivity contribution in [3.63, 3.8) is 0 Å². The zero-order chi connectivity index (χ0) is 12.4. The molecule has 2 aromatic heterocycles. The number of hydrogen-bond acceptors (Lipinski definition) is 3. The number of ketones is 1. The first-order valence-electron chi connectivity index (χ1n) is 4.96. The second-order valence-electron chi connectivity index (χ2n) is 3.57. The fraction of sp³-hybridized carbons (Fsp3) is 0.0833. The predicted molar refractivity (Wildman–Crippen MR) is 60.5 cm³/mol. The molecule has 2 heterocycles. The number of aromatic nitrogens is 2. The predicted octanol–water partition coefficient (Wildman–Crippen LogP) is 1.77. The largest absolute Gasteiger partial charge is 0.478 e. The van der Waals surface area contributed by atoms with E-state index in [1.54, 1.807) is 22.9 Å². The molecule has 0 fully saturated rings. The number of aromatic carboxylic acids is 1. The van der Waals surface area contributed by atoms with Gasteiger partial charge in [0.2, 0.25) is 0 Å². The van der Waals surface area contributed by atoms with E-state index in [-0.39, 0.29) is 11.3 Å². The van der Waals surface area contributed by atoms with Gasteiger partial charge in [-0.3, -0.25) is 4.79 Å². The normalized spacial score (nSPS) is 10.2. The summed E-state index contributed by atoms with van der Waals surface area (Å²) < 4.78 is 1.59. The van der Waals surface area contributed by atoms with Gasteiger partial charge < -0.3 is 9.67 Å². The van der Waals surface area contributed by atoms with Crippen molar-refractivity contribution in [3.05, 3.63) is 47.9 Å². The van der Waals surface area contributed by atoms with Crippen LogP contribution in [-0.4, -0.2) is 26.4 Å². The van der Waals surface area contributed by atoms with E-state index < -0.39 is 5.97 Å². The summed E-state index contributed by atoms with van der Waals surface area (Å²) in [6, 6.07) is 4.82. The highest BCUT2D eigenvalue weighted by Gasteiger charge is 2.06. The maximum atomic E-state index is 11.1. The second-order valence-corrected chi connectivity index (χ2v) is 3.57. The van der Waals surface area contributed by atoms with Crippen molar-refractivity contribution in [1.82, 2.24) is 9.55 Å². The van der Waals surface area contributed by atoms with Crippen LogP contribution in [0.25, 0.3) is 5.82 Å². The summed E-state index contributed by atoms with van der Waals surface area (Å²) in [5.41, 5.74) is 0.724. The van der Waals surface area contributed by atoms with Gasteiger partial charge in [0.1, 0.15) is 5.82 Å². The van der Waals surface area contributed by atoms with Gasteiger partial charge in [0.05, 0.1) is 5.56 Å². The van der Waals surface area contributed by atoms with Crippen LogP contribution in [0, 0.1) is 0 Å². The molecule has 5 nitrogen and oxygen atoms in total. The Morgan fingerprint density at radius 3 is 2.47 bits per heavy atom. The van der Waals surface area contributed by atoms with Gasteiger partial charge >= 0.3 is 5.97 Å². The van der Waals surface area contributed by atoms with Crippen molar-refractivity contribution in [2.75, 3.05) is 0 Å². The smallest absolute Gasteiger partial charge is 0.337 e. The molecule has 0 aliphatic heterocycles. The average molecular weight is 230 g/mol. The van der Waals surface area contributed by atoms with Crippen LogP contribution in [0.4, 0.5) is 0 Å². The highest BCUT2D eigenvalue weighted by atomic mass is 16.4. The summed E-state index contributed by atoms with van der Waals surface area (Å²) >= 11 is 0. The molecular formula is C12H10N2O3. The molecule has 0 spiro atoms. The highest BCUT2D eigenvalue weighted by molar-refractivity contribution is 5.93. The molecule has 0 aliphatic rings. The van der Waals surface area contributed by atoms with Crippen molar-refractivity contribution in [2.24, 2.45) is 0 Å². The summed E-state index contributed by atoms with van der Waals surface area (Å²) in [5, 5.41) is 8.78. The quantitative estimate of drug-likeness (QED) is 0.815. The molecule has 2 rings (SSSR count). The lowest BCUT2D eigenvalue weighted by atomic mass is 10.2. The van der Waals surface area contributed by atoms with Crippen LogP contribution < -0.4 is 0 Å². The minimum atomic E-state index is -0.982. The Balaban J connectivity index is 2.33. The molecule has 0 saturated carbocycles. The minimum absolute atomic E-state index is 0.0530. The van der Waals surface area contributed by atoms with E-state index in [0.29, 0.717) is 11.4 Å². The molecule has 17 heavy (non-hydrogen) atoms. The SMILES string of the molecule is CC(=O)c1ccc(-n2ccc(C(=O)O)c2)nc1. The molecule has 0 amide bonds. The molecule has 0 aliphatic carbocycles. The molecule has 0 atom stereocenters. The minimum Gasteiger partial charge on any atom is -0.478 e. The van der Waals surface area contributed by atoms with Crippen LogP contribution in [-0.2, 0) is 0 Å². The first-order valence-corrected chi connectivity index (χ1v) is 4.96. The Hall–Kier alpha value is -2.43. The lowest BCUT2D eigenvalue weighted by Crippen LogP contribution is -1.99. The number of pyridine rings is 1. The van der Waals surface area contributed by atoms with E-state index in [0.717, 1.165) is 0 Å². The molecule has 86 valence electrons. The number of carbonyl (C=O) groups is 2. The van der Waals surface area contributed by atoms with Crippen LogP contribution in [0.15, 0.2) is 36.8 Å². The average Bonchev–Trinajstić information content (AvgIpc) is 2.78. The number of carboxylic acids is 1. The van der Waals surface area contributed by atoms with Crippen molar-refractivity contribution >= 4 is 11.8 Å². The molecule has 1 N–H and O–H groups in total. The summed E-state index contributed by atoms with van der Waals surface area (Å²) in [6.07, 6.45) is 4.55. The van der Waals surface area contributed by atoms with Crippen LogP contribution in [0.2, 0.25) is 0 Å². The number of carbonyl (C=O) groups excluding carboxylic acids is 1. The molecule has 0 unspecified atom stereocenters. The topological polar surface area (TPSA) is 72.2 Å². The van der Waals surface area contributed by atoms with Gasteiger partial charge in [-0.25, -0.2) is 9.78 Å². The van der Waals surface area contributed by atoms with Gasteiger partial charge in [-0.05, 0) is 25.1 Å². The van der Waals surface area contributed by atoms with E-state index >= 15 is 0 Å². The van der Waals surface area contributed by atoms with Crippen LogP contribution >= 0.6 is 0 Å². The van der Waals surface area contributed by atoms with Crippen LogP contribution in [0.1, 0.15) is 27.6 Å². The summed E-state index contributed by atoms with van der Waals surface area (Å²) in [4.78, 5) is 25.9. The van der Waals surface area contributed by atoms with Crippen LogP contribution in [0.3, 0.4) is 0 Å². The third-order valence-corrected chi connectivity index (χ3v) is 2.36. The number of rotatable bonds is 3. The summed E-state index contributed by atoms with van der Waals surface area (Å²) in [5.74, 6) is -0.464. The number of nitrogens with zero attached hydrogens (tertiary/aromatic N) is 2. The lowest BCUT2D eigenvalue weighted by Gasteiger charge is -2.01. The lowest BCUT2D eigenvalue weighted by molar-refractivity contribution is 0.0696. The molecular weight excluding hydrogens is 220 g/mol. The Morgan fingerprint density at radius 2 is 2.00 bits per heavy atom.